The number of hydrogen-bond acceptors (Lipinski definition) is 1. The lowest BCUT2D eigenvalue weighted by Crippen LogP contribution is -1.96. The molecule has 0 amide bonds. The zero-order chi connectivity index (χ0) is 9.84. The Morgan fingerprint density at radius 2 is 2.15 bits per heavy atom. The number of nitrogens with one attached hydrogen (secondary N) is 1. The molecule has 0 unspecified atom stereocenters. The topological polar surface area (TPSA) is 23.9 Å². The number of benzene rings is 1. The molecule has 1 rings (SSSR count). The van der Waals surface area contributed by atoms with Crippen molar-refractivity contribution in [3.8, 4) is 0 Å². The first-order valence-corrected chi connectivity index (χ1v) is 4.49. The van der Waals surface area contributed by atoms with Gasteiger partial charge in [-0.15, -0.1) is 0 Å². The van der Waals surface area contributed by atoms with E-state index < -0.39 is 0 Å². The molecule has 0 radical (unpaired) electrons. The van der Waals surface area contributed by atoms with Crippen LogP contribution in [-0.4, -0.2) is 5.71 Å². The molecule has 13 heavy (non-hydrogen) atoms. The maximum atomic E-state index is 13.3. The smallest absolute Gasteiger partial charge is 0.127 e. The Kier molecular flexibility index (Phi) is 3.18. The summed E-state index contributed by atoms with van der Waals surface area (Å²) in [7, 11) is 0. The molecule has 0 aliphatic heterocycles. The van der Waals surface area contributed by atoms with Crippen molar-refractivity contribution in [1.82, 2.24) is 0 Å². The average Bonchev–Trinajstić information content (AvgIpc) is 2.08. The third-order valence-corrected chi connectivity index (χ3v) is 2.01. The number of aryl methyl sites for hydroxylation is 1. The number of rotatable bonds is 3. The van der Waals surface area contributed by atoms with Crippen LogP contribution in [0.4, 0.5) is 4.39 Å². The lowest BCUT2D eigenvalue weighted by molar-refractivity contribution is 0.607. The van der Waals surface area contributed by atoms with E-state index in [2.05, 4.69) is 0 Å². The monoisotopic (exact) mass is 179 g/mol. The van der Waals surface area contributed by atoms with Crippen LogP contribution < -0.4 is 0 Å². The first-order valence-electron chi connectivity index (χ1n) is 4.49. The molecule has 0 aliphatic carbocycles. The van der Waals surface area contributed by atoms with Crippen LogP contribution in [0.2, 0.25) is 0 Å². The summed E-state index contributed by atoms with van der Waals surface area (Å²) in [5.74, 6) is -0.189. The van der Waals surface area contributed by atoms with Crippen molar-refractivity contribution in [3.05, 3.63) is 35.1 Å². The van der Waals surface area contributed by atoms with Crippen molar-refractivity contribution >= 4 is 5.71 Å². The van der Waals surface area contributed by atoms with E-state index in [9.17, 15) is 4.39 Å². The minimum atomic E-state index is -0.189. The highest BCUT2D eigenvalue weighted by Crippen LogP contribution is 2.12. The second-order valence-electron chi connectivity index (χ2n) is 3.18. The molecule has 0 bridgehead atoms. The molecule has 0 heterocycles. The van der Waals surface area contributed by atoms with Gasteiger partial charge in [0.25, 0.3) is 0 Å². The van der Waals surface area contributed by atoms with Crippen LogP contribution in [0.15, 0.2) is 18.2 Å². The maximum Gasteiger partial charge on any atom is 0.127 e. The van der Waals surface area contributed by atoms with Crippen LogP contribution in [0.1, 0.15) is 31.4 Å². The van der Waals surface area contributed by atoms with E-state index in [1.807, 2.05) is 6.92 Å². The van der Waals surface area contributed by atoms with Crippen LogP contribution in [-0.2, 0) is 6.42 Å². The summed E-state index contributed by atoms with van der Waals surface area (Å²) in [6, 6.07) is 5.01. The van der Waals surface area contributed by atoms with Crippen LogP contribution in [0.3, 0.4) is 0 Å². The SMILES string of the molecule is CCCc1ccc(C(C)=N)cc1F. The van der Waals surface area contributed by atoms with Gasteiger partial charge in [-0.1, -0.05) is 25.5 Å². The van der Waals surface area contributed by atoms with E-state index in [0.717, 1.165) is 18.4 Å². The summed E-state index contributed by atoms with van der Waals surface area (Å²) >= 11 is 0. The molecule has 70 valence electrons. The van der Waals surface area contributed by atoms with Gasteiger partial charge in [0, 0.05) is 5.71 Å². The standard InChI is InChI=1S/C11H14FN/c1-3-4-9-5-6-10(8(2)13)7-11(9)12/h5-7,13H,3-4H2,1-2H3. The minimum Gasteiger partial charge on any atom is -0.305 e. The second kappa shape index (κ2) is 4.17. The molecule has 0 saturated carbocycles. The Morgan fingerprint density at radius 3 is 2.62 bits per heavy atom. The van der Waals surface area contributed by atoms with Crippen molar-refractivity contribution in [3.63, 3.8) is 0 Å². The van der Waals surface area contributed by atoms with Crippen molar-refractivity contribution in [2.75, 3.05) is 0 Å². The lowest BCUT2D eigenvalue weighted by atomic mass is 10.0. The molecular formula is C11H14FN. The van der Waals surface area contributed by atoms with E-state index in [1.54, 1.807) is 19.1 Å². The van der Waals surface area contributed by atoms with Crippen LogP contribution >= 0.6 is 0 Å². The van der Waals surface area contributed by atoms with Gasteiger partial charge in [-0.2, -0.15) is 0 Å². The molecule has 1 aromatic rings. The summed E-state index contributed by atoms with van der Waals surface area (Å²) in [5.41, 5.74) is 1.81. The molecule has 0 atom stereocenters. The van der Waals surface area contributed by atoms with Gasteiger partial charge in [0.05, 0.1) is 0 Å². The minimum absolute atomic E-state index is 0.189. The molecule has 0 spiro atoms. The fourth-order valence-electron chi connectivity index (χ4n) is 1.25. The fourth-order valence-corrected chi connectivity index (χ4v) is 1.25. The van der Waals surface area contributed by atoms with E-state index in [4.69, 9.17) is 5.41 Å². The van der Waals surface area contributed by atoms with Crippen molar-refractivity contribution in [2.45, 2.75) is 26.7 Å². The fraction of sp³-hybridized carbons (Fsp3) is 0.364. The summed E-state index contributed by atoms with van der Waals surface area (Å²) in [5, 5.41) is 7.34. The van der Waals surface area contributed by atoms with E-state index >= 15 is 0 Å². The highest BCUT2D eigenvalue weighted by molar-refractivity contribution is 5.96. The van der Waals surface area contributed by atoms with Crippen LogP contribution in [0.5, 0.6) is 0 Å². The highest BCUT2D eigenvalue weighted by Gasteiger charge is 2.03. The molecule has 1 N–H and O–H groups in total. The van der Waals surface area contributed by atoms with Crippen molar-refractivity contribution < 1.29 is 4.39 Å². The zero-order valence-electron chi connectivity index (χ0n) is 8.02. The third kappa shape index (κ3) is 2.38. The van der Waals surface area contributed by atoms with Crippen molar-refractivity contribution in [1.29, 1.82) is 5.41 Å². The summed E-state index contributed by atoms with van der Waals surface area (Å²) in [4.78, 5) is 0. The van der Waals surface area contributed by atoms with Gasteiger partial charge < -0.3 is 5.41 Å². The predicted octanol–water partition coefficient (Wildman–Crippen LogP) is 3.17. The van der Waals surface area contributed by atoms with Crippen LogP contribution in [0, 0.1) is 11.2 Å². The Balaban J connectivity index is 2.98. The highest BCUT2D eigenvalue weighted by atomic mass is 19.1. The molecule has 1 nitrogen and oxygen atoms in total. The van der Waals surface area contributed by atoms with Gasteiger partial charge in [0.2, 0.25) is 0 Å². The molecule has 1 aromatic carbocycles. The largest absolute Gasteiger partial charge is 0.305 e. The first kappa shape index (κ1) is 9.90. The van der Waals surface area contributed by atoms with E-state index in [-0.39, 0.29) is 5.82 Å². The van der Waals surface area contributed by atoms with Gasteiger partial charge in [-0.3, -0.25) is 0 Å². The number of halogens is 1. The van der Waals surface area contributed by atoms with Gasteiger partial charge in [0.15, 0.2) is 0 Å². The van der Waals surface area contributed by atoms with Crippen molar-refractivity contribution in [2.24, 2.45) is 0 Å². The molecule has 2 heteroatoms. The van der Waals surface area contributed by atoms with Gasteiger partial charge in [0.1, 0.15) is 5.82 Å². The van der Waals surface area contributed by atoms with Gasteiger partial charge >= 0.3 is 0 Å². The maximum absolute atomic E-state index is 13.3. The summed E-state index contributed by atoms with van der Waals surface area (Å²) in [6.45, 7) is 3.68. The predicted molar refractivity (Wildman–Crippen MR) is 52.9 cm³/mol. The lowest BCUT2D eigenvalue weighted by Gasteiger charge is -2.03. The summed E-state index contributed by atoms with van der Waals surface area (Å²) < 4.78 is 13.3. The van der Waals surface area contributed by atoms with Crippen LogP contribution in [0.25, 0.3) is 0 Å². The van der Waals surface area contributed by atoms with E-state index in [0.29, 0.717) is 11.3 Å². The molecule has 0 aliphatic rings. The Bertz CT molecular complexity index is 318. The van der Waals surface area contributed by atoms with E-state index in [1.165, 1.54) is 6.07 Å². The van der Waals surface area contributed by atoms with Gasteiger partial charge in [-0.05, 0) is 30.5 Å². The Morgan fingerprint density at radius 1 is 1.46 bits per heavy atom. The normalized spacial score (nSPS) is 10.1. The molecule has 0 fully saturated rings. The summed E-state index contributed by atoms with van der Waals surface area (Å²) in [6.07, 6.45) is 1.71. The molecule has 0 saturated heterocycles. The number of hydrogen-bond donors (Lipinski definition) is 1. The molecular weight excluding hydrogens is 165 g/mol. The quantitative estimate of drug-likeness (QED) is 0.689. The Hall–Kier alpha value is -1.18. The second-order valence-corrected chi connectivity index (χ2v) is 3.18. The zero-order valence-corrected chi connectivity index (χ0v) is 8.02. The first-order chi connectivity index (χ1) is 6.15. The van der Waals surface area contributed by atoms with Gasteiger partial charge in [-0.25, -0.2) is 4.39 Å². The molecule has 0 aromatic heterocycles. The Labute approximate surface area is 78.1 Å². The average molecular weight is 179 g/mol. The third-order valence-electron chi connectivity index (χ3n) is 2.01.